The van der Waals surface area contributed by atoms with E-state index in [4.69, 9.17) is 22.7 Å². The summed E-state index contributed by atoms with van der Waals surface area (Å²) in [5.41, 5.74) is 7.06. The standard InChI is InChI=1S/C14H16ClN3S/c1-18(7-6-11-3-2-8-19-11)10-4-5-12(14(16)17)13(15)9-10/h2-5,8-9H,6-7H2,1H3,(H3,16,17). The Labute approximate surface area is 122 Å². The van der Waals surface area contributed by atoms with E-state index in [0.29, 0.717) is 10.6 Å². The van der Waals surface area contributed by atoms with Crippen LogP contribution in [0.2, 0.25) is 5.02 Å². The van der Waals surface area contributed by atoms with E-state index in [1.165, 1.54) is 4.88 Å². The van der Waals surface area contributed by atoms with Gasteiger partial charge in [-0.05, 0) is 36.1 Å². The maximum atomic E-state index is 7.41. The highest BCUT2D eigenvalue weighted by Gasteiger charge is 2.07. The smallest absolute Gasteiger partial charge is 0.124 e. The zero-order valence-electron chi connectivity index (χ0n) is 10.7. The summed E-state index contributed by atoms with van der Waals surface area (Å²) in [7, 11) is 2.03. The van der Waals surface area contributed by atoms with Crippen molar-refractivity contribution in [3.05, 3.63) is 51.2 Å². The Kier molecular flexibility index (Phi) is 4.45. The predicted octanol–water partition coefficient (Wildman–Crippen LogP) is 3.36. The summed E-state index contributed by atoms with van der Waals surface area (Å²) < 4.78 is 0. The van der Waals surface area contributed by atoms with Crippen LogP contribution in [0.3, 0.4) is 0 Å². The number of hydrogen-bond acceptors (Lipinski definition) is 3. The molecule has 0 saturated carbocycles. The number of halogens is 1. The average molecular weight is 294 g/mol. The number of thiophene rings is 1. The fraction of sp³-hybridized carbons (Fsp3) is 0.214. The van der Waals surface area contributed by atoms with Crippen LogP contribution in [0.5, 0.6) is 0 Å². The van der Waals surface area contributed by atoms with E-state index in [0.717, 1.165) is 18.7 Å². The van der Waals surface area contributed by atoms with Gasteiger partial charge in [-0.1, -0.05) is 17.7 Å². The van der Waals surface area contributed by atoms with Crippen LogP contribution in [0, 0.1) is 5.41 Å². The number of amidine groups is 1. The molecule has 2 aromatic rings. The topological polar surface area (TPSA) is 53.1 Å². The first-order valence-electron chi connectivity index (χ1n) is 5.95. The van der Waals surface area contributed by atoms with Crippen molar-refractivity contribution in [3.63, 3.8) is 0 Å². The summed E-state index contributed by atoms with van der Waals surface area (Å²) in [6.45, 7) is 0.927. The number of likely N-dealkylation sites (N-methyl/N-ethyl adjacent to an activating group) is 1. The molecule has 1 aromatic heterocycles. The number of nitrogens with zero attached hydrogens (tertiary/aromatic N) is 1. The molecule has 0 bridgehead atoms. The van der Waals surface area contributed by atoms with Crippen molar-refractivity contribution in [2.45, 2.75) is 6.42 Å². The summed E-state index contributed by atoms with van der Waals surface area (Å²) in [6, 6.07) is 9.80. The van der Waals surface area contributed by atoms with Gasteiger partial charge in [0, 0.05) is 29.7 Å². The van der Waals surface area contributed by atoms with Gasteiger partial charge in [0.1, 0.15) is 5.84 Å². The average Bonchev–Trinajstić information content (AvgIpc) is 2.88. The van der Waals surface area contributed by atoms with Gasteiger partial charge in [0.2, 0.25) is 0 Å². The third-order valence-corrected chi connectivity index (χ3v) is 4.21. The minimum absolute atomic E-state index is 0.00205. The Morgan fingerprint density at radius 2 is 2.21 bits per heavy atom. The lowest BCUT2D eigenvalue weighted by Gasteiger charge is -2.19. The maximum absolute atomic E-state index is 7.41. The van der Waals surface area contributed by atoms with Crippen molar-refractivity contribution < 1.29 is 0 Å². The highest BCUT2D eigenvalue weighted by molar-refractivity contribution is 7.09. The molecule has 3 nitrogen and oxygen atoms in total. The number of nitrogens with one attached hydrogen (secondary N) is 1. The number of nitrogen functional groups attached to an aromatic ring is 1. The molecular formula is C14H16ClN3S. The van der Waals surface area contributed by atoms with Crippen molar-refractivity contribution in [1.29, 1.82) is 5.41 Å². The molecule has 0 unspecified atom stereocenters. The molecule has 1 aromatic carbocycles. The Morgan fingerprint density at radius 3 is 2.79 bits per heavy atom. The Balaban J connectivity index is 2.05. The minimum Gasteiger partial charge on any atom is -0.384 e. The van der Waals surface area contributed by atoms with Gasteiger partial charge in [0.25, 0.3) is 0 Å². The minimum atomic E-state index is -0.00205. The van der Waals surface area contributed by atoms with Crippen LogP contribution in [0.15, 0.2) is 35.7 Å². The highest BCUT2D eigenvalue weighted by Crippen LogP contribution is 2.23. The molecular weight excluding hydrogens is 278 g/mol. The molecule has 0 atom stereocenters. The summed E-state index contributed by atoms with van der Waals surface area (Å²) >= 11 is 7.89. The third kappa shape index (κ3) is 3.49. The first kappa shape index (κ1) is 13.9. The molecule has 0 aliphatic carbocycles. The molecule has 0 radical (unpaired) electrons. The van der Waals surface area contributed by atoms with E-state index >= 15 is 0 Å². The van der Waals surface area contributed by atoms with Gasteiger partial charge >= 0.3 is 0 Å². The third-order valence-electron chi connectivity index (χ3n) is 2.96. The van der Waals surface area contributed by atoms with Crippen LogP contribution < -0.4 is 10.6 Å². The largest absolute Gasteiger partial charge is 0.384 e. The second-order valence-corrected chi connectivity index (χ2v) is 5.77. The normalized spacial score (nSPS) is 10.4. The predicted molar refractivity (Wildman–Crippen MR) is 83.8 cm³/mol. The van der Waals surface area contributed by atoms with Crippen molar-refractivity contribution >= 4 is 34.5 Å². The molecule has 0 amide bonds. The molecule has 0 fully saturated rings. The Morgan fingerprint density at radius 1 is 1.42 bits per heavy atom. The molecule has 3 N–H and O–H groups in total. The number of nitrogens with two attached hydrogens (primary N) is 1. The second-order valence-electron chi connectivity index (χ2n) is 4.33. The van der Waals surface area contributed by atoms with Crippen LogP contribution in [-0.4, -0.2) is 19.4 Å². The van der Waals surface area contributed by atoms with E-state index in [-0.39, 0.29) is 5.84 Å². The molecule has 1 heterocycles. The van der Waals surface area contributed by atoms with Gasteiger partial charge < -0.3 is 10.6 Å². The van der Waals surface area contributed by atoms with Gasteiger partial charge in [-0.3, -0.25) is 5.41 Å². The fourth-order valence-corrected chi connectivity index (χ4v) is 2.80. The number of anilines is 1. The lowest BCUT2D eigenvalue weighted by atomic mass is 10.1. The molecule has 5 heteroatoms. The first-order valence-corrected chi connectivity index (χ1v) is 7.21. The van der Waals surface area contributed by atoms with Gasteiger partial charge in [-0.2, -0.15) is 0 Å². The fourth-order valence-electron chi connectivity index (χ4n) is 1.82. The number of rotatable bonds is 5. The molecule has 0 spiro atoms. The zero-order valence-corrected chi connectivity index (χ0v) is 12.3. The quantitative estimate of drug-likeness (QED) is 0.656. The van der Waals surface area contributed by atoms with Gasteiger partial charge in [0.15, 0.2) is 0 Å². The van der Waals surface area contributed by atoms with Crippen molar-refractivity contribution in [2.24, 2.45) is 5.73 Å². The summed E-state index contributed by atoms with van der Waals surface area (Å²) in [5, 5.41) is 10.0. The first-order chi connectivity index (χ1) is 9.08. The van der Waals surface area contributed by atoms with Crippen LogP contribution >= 0.6 is 22.9 Å². The summed E-state index contributed by atoms with van der Waals surface area (Å²) in [5.74, 6) is -0.00205. The maximum Gasteiger partial charge on any atom is 0.124 e. The van der Waals surface area contributed by atoms with Gasteiger partial charge in [0.05, 0.1) is 5.02 Å². The zero-order chi connectivity index (χ0) is 13.8. The lowest BCUT2D eigenvalue weighted by molar-refractivity contribution is 0.887. The SMILES string of the molecule is CN(CCc1cccs1)c1ccc(C(=N)N)c(Cl)c1. The van der Waals surface area contributed by atoms with Crippen LogP contribution in [0.4, 0.5) is 5.69 Å². The number of hydrogen-bond donors (Lipinski definition) is 2. The monoisotopic (exact) mass is 293 g/mol. The summed E-state index contributed by atoms with van der Waals surface area (Å²) in [6.07, 6.45) is 1.01. The molecule has 0 saturated heterocycles. The van der Waals surface area contributed by atoms with Crippen LogP contribution in [0.1, 0.15) is 10.4 Å². The second kappa shape index (κ2) is 6.08. The molecule has 0 aliphatic heterocycles. The lowest BCUT2D eigenvalue weighted by Crippen LogP contribution is -2.20. The van der Waals surface area contributed by atoms with E-state index < -0.39 is 0 Å². The van der Waals surface area contributed by atoms with E-state index in [1.54, 1.807) is 17.4 Å². The Hall–Kier alpha value is -1.52. The van der Waals surface area contributed by atoms with Crippen molar-refractivity contribution in [1.82, 2.24) is 0 Å². The molecule has 19 heavy (non-hydrogen) atoms. The summed E-state index contributed by atoms with van der Waals surface area (Å²) in [4.78, 5) is 3.52. The van der Waals surface area contributed by atoms with E-state index in [1.807, 2.05) is 19.2 Å². The van der Waals surface area contributed by atoms with Gasteiger partial charge in [-0.15, -0.1) is 11.3 Å². The van der Waals surface area contributed by atoms with Crippen molar-refractivity contribution in [2.75, 3.05) is 18.5 Å². The van der Waals surface area contributed by atoms with Crippen LogP contribution in [0.25, 0.3) is 0 Å². The molecule has 2 rings (SSSR count). The van der Waals surface area contributed by atoms with Crippen LogP contribution in [-0.2, 0) is 6.42 Å². The Bertz CT molecular complexity index is 566. The molecule has 100 valence electrons. The van der Waals surface area contributed by atoms with Gasteiger partial charge in [-0.25, -0.2) is 0 Å². The van der Waals surface area contributed by atoms with E-state index in [2.05, 4.69) is 22.4 Å². The molecule has 0 aliphatic rings. The highest BCUT2D eigenvalue weighted by atomic mass is 35.5. The van der Waals surface area contributed by atoms with E-state index in [9.17, 15) is 0 Å². The van der Waals surface area contributed by atoms with Crippen molar-refractivity contribution in [3.8, 4) is 0 Å². The number of benzene rings is 1.